The second-order valence-electron chi connectivity index (χ2n) is 2.71. The Bertz CT molecular complexity index is 226. The van der Waals surface area contributed by atoms with E-state index in [0.29, 0.717) is 12.4 Å². The van der Waals surface area contributed by atoms with Crippen molar-refractivity contribution in [1.82, 2.24) is 0 Å². The Kier molecular flexibility index (Phi) is 4.29. The molecule has 1 saturated heterocycles. The summed E-state index contributed by atoms with van der Waals surface area (Å²) in [7, 11) is 1.65. The van der Waals surface area contributed by atoms with Crippen molar-refractivity contribution in [3.63, 3.8) is 0 Å². The molecule has 0 unspecified atom stereocenters. The van der Waals surface area contributed by atoms with E-state index in [-0.39, 0.29) is 0 Å². The predicted molar refractivity (Wildman–Crippen MR) is 49.6 cm³/mol. The third kappa shape index (κ3) is 5.22. The van der Waals surface area contributed by atoms with E-state index >= 15 is 0 Å². The number of hydrogen-bond donors (Lipinski definition) is 1. The number of epoxide rings is 1. The van der Waals surface area contributed by atoms with Crippen molar-refractivity contribution < 1.29 is 14.6 Å². The summed E-state index contributed by atoms with van der Waals surface area (Å²) < 4.78 is 9.39. The summed E-state index contributed by atoms with van der Waals surface area (Å²) in [6.45, 7) is 2.60. The molecular formula is C10H14O3. The molecule has 1 aromatic rings. The number of methoxy groups -OCH3 is 1. The molecule has 1 N–H and O–H groups in total. The largest absolute Gasteiger partial charge is 0.508 e. The molecule has 0 aromatic heterocycles. The third-order valence-corrected chi connectivity index (χ3v) is 1.45. The van der Waals surface area contributed by atoms with E-state index in [1.54, 1.807) is 19.2 Å². The van der Waals surface area contributed by atoms with Crippen LogP contribution in [0.4, 0.5) is 0 Å². The molecule has 2 rings (SSSR count). The normalized spacial score (nSPS) is 13.0. The summed E-state index contributed by atoms with van der Waals surface area (Å²) in [5.41, 5.74) is 1.07. The SMILES string of the molecule is C1CO1.COCc1ccc(O)cc1. The number of phenols is 1. The van der Waals surface area contributed by atoms with E-state index in [2.05, 4.69) is 4.74 Å². The maximum Gasteiger partial charge on any atom is 0.115 e. The van der Waals surface area contributed by atoms with Crippen molar-refractivity contribution in [3.8, 4) is 5.75 Å². The highest BCUT2D eigenvalue weighted by atomic mass is 16.6. The highest BCUT2D eigenvalue weighted by molar-refractivity contribution is 5.25. The first-order valence-electron chi connectivity index (χ1n) is 4.17. The van der Waals surface area contributed by atoms with Gasteiger partial charge in [-0.15, -0.1) is 0 Å². The first kappa shape index (κ1) is 10.0. The lowest BCUT2D eigenvalue weighted by molar-refractivity contribution is 0.185. The molecule has 72 valence electrons. The van der Waals surface area contributed by atoms with Crippen LogP contribution in [0.3, 0.4) is 0 Å². The minimum Gasteiger partial charge on any atom is -0.508 e. The summed E-state index contributed by atoms with van der Waals surface area (Å²) >= 11 is 0. The summed E-state index contributed by atoms with van der Waals surface area (Å²) in [6.07, 6.45) is 0. The average Bonchev–Trinajstić information content (AvgIpc) is 2.96. The van der Waals surface area contributed by atoms with Crippen molar-refractivity contribution in [2.24, 2.45) is 0 Å². The number of benzene rings is 1. The van der Waals surface area contributed by atoms with Gasteiger partial charge in [0.05, 0.1) is 19.8 Å². The Morgan fingerprint density at radius 1 is 1.31 bits per heavy atom. The van der Waals surface area contributed by atoms with Crippen molar-refractivity contribution in [3.05, 3.63) is 29.8 Å². The van der Waals surface area contributed by atoms with Gasteiger partial charge >= 0.3 is 0 Å². The smallest absolute Gasteiger partial charge is 0.115 e. The van der Waals surface area contributed by atoms with Crippen LogP contribution in [0, 0.1) is 0 Å². The third-order valence-electron chi connectivity index (χ3n) is 1.45. The van der Waals surface area contributed by atoms with Gasteiger partial charge in [0.1, 0.15) is 5.75 Å². The highest BCUT2D eigenvalue weighted by Crippen LogP contribution is 2.09. The predicted octanol–water partition coefficient (Wildman–Crippen LogP) is 1.56. The summed E-state index contributed by atoms with van der Waals surface area (Å²) in [5, 5.41) is 8.88. The molecule has 3 nitrogen and oxygen atoms in total. The van der Waals surface area contributed by atoms with Crippen LogP contribution in [-0.4, -0.2) is 25.4 Å². The fraction of sp³-hybridized carbons (Fsp3) is 0.400. The van der Waals surface area contributed by atoms with Gasteiger partial charge in [-0.05, 0) is 17.7 Å². The van der Waals surface area contributed by atoms with Crippen molar-refractivity contribution >= 4 is 0 Å². The molecule has 0 amide bonds. The van der Waals surface area contributed by atoms with Gasteiger partial charge in [-0.1, -0.05) is 12.1 Å². The van der Waals surface area contributed by atoms with E-state index in [1.165, 1.54) is 0 Å². The number of hydrogen-bond acceptors (Lipinski definition) is 3. The average molecular weight is 182 g/mol. The van der Waals surface area contributed by atoms with E-state index < -0.39 is 0 Å². The van der Waals surface area contributed by atoms with Crippen molar-refractivity contribution in [2.45, 2.75) is 6.61 Å². The van der Waals surface area contributed by atoms with Gasteiger partial charge in [0, 0.05) is 7.11 Å². The van der Waals surface area contributed by atoms with Crippen LogP contribution < -0.4 is 0 Å². The van der Waals surface area contributed by atoms with E-state index in [9.17, 15) is 0 Å². The molecule has 3 heteroatoms. The number of rotatable bonds is 2. The topological polar surface area (TPSA) is 42.0 Å². The second-order valence-corrected chi connectivity index (χ2v) is 2.71. The molecular weight excluding hydrogens is 168 g/mol. The van der Waals surface area contributed by atoms with Crippen LogP contribution in [0.1, 0.15) is 5.56 Å². The quantitative estimate of drug-likeness (QED) is 0.706. The molecule has 0 spiro atoms. The van der Waals surface area contributed by atoms with Gasteiger partial charge in [-0.2, -0.15) is 0 Å². The van der Waals surface area contributed by atoms with Gasteiger partial charge in [0.25, 0.3) is 0 Å². The maximum absolute atomic E-state index is 8.88. The molecule has 1 aliphatic heterocycles. The molecule has 0 aliphatic carbocycles. The van der Waals surface area contributed by atoms with E-state index in [0.717, 1.165) is 18.8 Å². The lowest BCUT2D eigenvalue weighted by atomic mass is 10.2. The minimum absolute atomic E-state index is 0.292. The van der Waals surface area contributed by atoms with Gasteiger partial charge in [-0.3, -0.25) is 0 Å². The van der Waals surface area contributed by atoms with Gasteiger partial charge in [0.2, 0.25) is 0 Å². The zero-order chi connectivity index (χ0) is 9.52. The van der Waals surface area contributed by atoms with Crippen LogP contribution >= 0.6 is 0 Å². The molecule has 1 fully saturated rings. The molecule has 13 heavy (non-hydrogen) atoms. The first-order chi connectivity index (χ1) is 6.33. The lowest BCUT2D eigenvalue weighted by Crippen LogP contribution is -1.84. The Morgan fingerprint density at radius 3 is 2.23 bits per heavy atom. The molecule has 0 radical (unpaired) electrons. The molecule has 0 atom stereocenters. The number of ether oxygens (including phenoxy) is 2. The molecule has 1 heterocycles. The van der Waals surface area contributed by atoms with Crippen molar-refractivity contribution in [1.29, 1.82) is 0 Å². The monoisotopic (exact) mass is 182 g/mol. The lowest BCUT2D eigenvalue weighted by Gasteiger charge is -1.97. The zero-order valence-electron chi connectivity index (χ0n) is 7.69. The van der Waals surface area contributed by atoms with Gasteiger partial charge in [-0.25, -0.2) is 0 Å². The van der Waals surface area contributed by atoms with Gasteiger partial charge in [0.15, 0.2) is 0 Å². The zero-order valence-corrected chi connectivity index (χ0v) is 7.69. The van der Waals surface area contributed by atoms with Crippen LogP contribution in [0.2, 0.25) is 0 Å². The minimum atomic E-state index is 0.292. The molecule has 1 aliphatic rings. The van der Waals surface area contributed by atoms with Gasteiger partial charge < -0.3 is 14.6 Å². The Labute approximate surface area is 77.9 Å². The summed E-state index contributed by atoms with van der Waals surface area (Å²) in [5.74, 6) is 0.292. The summed E-state index contributed by atoms with van der Waals surface area (Å²) in [4.78, 5) is 0. The van der Waals surface area contributed by atoms with Crippen LogP contribution in [0.5, 0.6) is 5.75 Å². The molecule has 1 aromatic carbocycles. The Balaban J connectivity index is 0.000000236. The number of phenolic OH excluding ortho intramolecular Hbond substituents is 1. The summed E-state index contributed by atoms with van der Waals surface area (Å²) in [6, 6.07) is 6.96. The Morgan fingerprint density at radius 2 is 1.85 bits per heavy atom. The first-order valence-corrected chi connectivity index (χ1v) is 4.17. The molecule has 0 bridgehead atoms. The fourth-order valence-corrected chi connectivity index (χ4v) is 0.759. The fourth-order valence-electron chi connectivity index (χ4n) is 0.759. The maximum atomic E-state index is 8.88. The van der Waals surface area contributed by atoms with Crippen LogP contribution in [-0.2, 0) is 16.1 Å². The second kappa shape index (κ2) is 5.56. The van der Waals surface area contributed by atoms with Crippen molar-refractivity contribution in [2.75, 3.05) is 20.3 Å². The number of aromatic hydroxyl groups is 1. The van der Waals surface area contributed by atoms with Crippen LogP contribution in [0.15, 0.2) is 24.3 Å². The highest BCUT2D eigenvalue weighted by Gasteiger charge is 1.94. The van der Waals surface area contributed by atoms with Crippen LogP contribution in [0.25, 0.3) is 0 Å². The van der Waals surface area contributed by atoms with E-state index in [4.69, 9.17) is 9.84 Å². The Hall–Kier alpha value is -1.06. The standard InChI is InChI=1S/C8H10O2.C2H4O/c1-10-6-7-2-4-8(9)5-3-7;1-2-3-1/h2-5,9H,6H2,1H3;1-2H2. The van der Waals surface area contributed by atoms with E-state index in [1.807, 2.05) is 12.1 Å². The molecule has 0 saturated carbocycles.